The zero-order valence-corrected chi connectivity index (χ0v) is 9.62. The van der Waals surface area contributed by atoms with Gasteiger partial charge in [-0.1, -0.05) is 6.92 Å². The number of hydrogen-bond donors (Lipinski definition) is 1. The Bertz CT molecular complexity index is 177. The summed E-state index contributed by atoms with van der Waals surface area (Å²) >= 11 is 5.65. The number of rotatable bonds is 7. The maximum absolute atomic E-state index is 10.5. The molecule has 0 spiro atoms. The van der Waals surface area contributed by atoms with Gasteiger partial charge in [0, 0.05) is 19.7 Å². The molecular weight excluding hydrogens is 206 g/mol. The van der Waals surface area contributed by atoms with Gasteiger partial charge in [-0.2, -0.15) is 0 Å². The summed E-state index contributed by atoms with van der Waals surface area (Å²) in [6.45, 7) is 5.64. The van der Waals surface area contributed by atoms with Crippen molar-refractivity contribution < 1.29 is 14.6 Å². The largest absolute Gasteiger partial charge is 0.480 e. The quantitative estimate of drug-likeness (QED) is 0.656. The minimum absolute atomic E-state index is 0.186. The third-order valence-corrected chi connectivity index (χ3v) is 2.42. The molecule has 0 rings (SSSR count). The van der Waals surface area contributed by atoms with Crippen molar-refractivity contribution in [1.29, 1.82) is 0 Å². The molecule has 5 heteroatoms. The fourth-order valence-corrected chi connectivity index (χ4v) is 1.43. The molecule has 14 heavy (non-hydrogen) atoms. The Labute approximate surface area is 89.8 Å². The van der Waals surface area contributed by atoms with Crippen molar-refractivity contribution in [1.82, 2.24) is 4.90 Å². The van der Waals surface area contributed by atoms with Crippen molar-refractivity contribution in [3.63, 3.8) is 0 Å². The molecule has 1 N–H and O–H groups in total. The smallest absolute Gasteiger partial charge is 0.322 e. The number of nitrogens with zero attached hydrogens (tertiary/aromatic N) is 1. The van der Waals surface area contributed by atoms with E-state index in [1.54, 1.807) is 7.11 Å². The van der Waals surface area contributed by atoms with Gasteiger partial charge in [-0.3, -0.25) is 9.69 Å². The van der Waals surface area contributed by atoms with Gasteiger partial charge in [-0.15, -0.1) is 11.6 Å². The molecule has 0 saturated heterocycles. The molecule has 2 unspecified atom stereocenters. The second-order valence-corrected chi connectivity index (χ2v) is 3.72. The van der Waals surface area contributed by atoms with E-state index in [2.05, 4.69) is 0 Å². The van der Waals surface area contributed by atoms with E-state index < -0.39 is 11.3 Å². The van der Waals surface area contributed by atoms with Crippen LogP contribution in [0.3, 0.4) is 0 Å². The van der Waals surface area contributed by atoms with Crippen LogP contribution in [0.4, 0.5) is 0 Å². The second-order valence-electron chi connectivity index (χ2n) is 3.20. The van der Waals surface area contributed by atoms with Crippen molar-refractivity contribution in [2.24, 2.45) is 0 Å². The number of halogens is 1. The molecule has 4 nitrogen and oxygen atoms in total. The van der Waals surface area contributed by atoms with E-state index in [-0.39, 0.29) is 6.04 Å². The molecule has 84 valence electrons. The number of alkyl halides is 1. The fraction of sp³-hybridized carbons (Fsp3) is 0.889. The number of carbonyl (C=O) groups is 1. The molecule has 0 radical (unpaired) electrons. The predicted molar refractivity (Wildman–Crippen MR) is 55.9 cm³/mol. The lowest BCUT2D eigenvalue weighted by Gasteiger charge is -2.27. The number of carboxylic acid groups (broad SMARTS) is 1. The molecule has 2 atom stereocenters. The van der Waals surface area contributed by atoms with Crippen LogP contribution < -0.4 is 0 Å². The first kappa shape index (κ1) is 13.7. The van der Waals surface area contributed by atoms with Crippen LogP contribution in [-0.4, -0.2) is 54.2 Å². The summed E-state index contributed by atoms with van der Waals surface area (Å²) in [7, 11) is 1.62. The topological polar surface area (TPSA) is 49.8 Å². The number of ether oxygens (including phenoxy) is 1. The molecule has 0 aromatic heterocycles. The summed E-state index contributed by atoms with van der Waals surface area (Å²) < 4.78 is 5.00. The van der Waals surface area contributed by atoms with Crippen molar-refractivity contribution in [3.05, 3.63) is 0 Å². The van der Waals surface area contributed by atoms with Gasteiger partial charge in [0.15, 0.2) is 0 Å². The van der Waals surface area contributed by atoms with Crippen LogP contribution in [0.5, 0.6) is 0 Å². The van der Waals surface area contributed by atoms with Crippen LogP contribution in [0.1, 0.15) is 13.8 Å². The molecule has 0 aromatic rings. The van der Waals surface area contributed by atoms with Crippen LogP contribution in [0.15, 0.2) is 0 Å². The van der Waals surface area contributed by atoms with E-state index in [4.69, 9.17) is 21.4 Å². The van der Waals surface area contributed by atoms with Crippen molar-refractivity contribution in [2.75, 3.05) is 26.8 Å². The first-order chi connectivity index (χ1) is 6.52. The summed E-state index contributed by atoms with van der Waals surface area (Å²) in [6, 6.07) is 0.186. The maximum atomic E-state index is 10.5. The normalized spacial score (nSPS) is 15.5. The van der Waals surface area contributed by atoms with Crippen molar-refractivity contribution in [3.8, 4) is 0 Å². The van der Waals surface area contributed by atoms with E-state index in [1.165, 1.54) is 0 Å². The molecule has 0 saturated carbocycles. The molecule has 0 heterocycles. The molecule has 0 fully saturated rings. The Morgan fingerprint density at radius 2 is 2.21 bits per heavy atom. The third kappa shape index (κ3) is 4.79. The lowest BCUT2D eigenvalue weighted by Crippen LogP contribution is -2.41. The van der Waals surface area contributed by atoms with E-state index >= 15 is 0 Å². The number of methoxy groups -OCH3 is 1. The summed E-state index contributed by atoms with van der Waals surface area (Å²) in [4.78, 5) is 12.5. The summed E-state index contributed by atoms with van der Waals surface area (Å²) in [5, 5.41) is 7.80. The highest BCUT2D eigenvalue weighted by Gasteiger charge is 2.20. The minimum Gasteiger partial charge on any atom is -0.480 e. The summed E-state index contributed by atoms with van der Waals surface area (Å²) in [5.41, 5.74) is 0. The van der Waals surface area contributed by atoms with Gasteiger partial charge in [0.05, 0.1) is 6.61 Å². The molecule has 0 aromatic carbocycles. The first-order valence-electron chi connectivity index (χ1n) is 4.62. The fourth-order valence-electron chi connectivity index (χ4n) is 1.25. The highest BCUT2D eigenvalue weighted by molar-refractivity contribution is 6.29. The summed E-state index contributed by atoms with van der Waals surface area (Å²) in [5.74, 6) is -0.977. The van der Waals surface area contributed by atoms with Crippen LogP contribution in [0, 0.1) is 0 Å². The summed E-state index contributed by atoms with van der Waals surface area (Å²) in [6.07, 6.45) is 0. The molecule has 0 bridgehead atoms. The van der Waals surface area contributed by atoms with E-state index in [9.17, 15) is 4.79 Å². The van der Waals surface area contributed by atoms with Gasteiger partial charge in [-0.25, -0.2) is 0 Å². The van der Waals surface area contributed by atoms with Gasteiger partial charge in [0.1, 0.15) is 5.38 Å². The molecule has 0 aliphatic heterocycles. The zero-order chi connectivity index (χ0) is 11.1. The van der Waals surface area contributed by atoms with Gasteiger partial charge in [0.25, 0.3) is 0 Å². The standard InChI is InChI=1S/C9H18ClNO3/c1-4-11(7(2)6-14-3)5-8(10)9(12)13/h7-8H,4-6H2,1-3H3,(H,12,13). The monoisotopic (exact) mass is 223 g/mol. The minimum atomic E-state index is -0.977. The van der Waals surface area contributed by atoms with Crippen molar-refractivity contribution in [2.45, 2.75) is 25.3 Å². The highest BCUT2D eigenvalue weighted by atomic mass is 35.5. The SMILES string of the molecule is CCN(CC(Cl)C(=O)O)C(C)COC. The van der Waals surface area contributed by atoms with E-state index in [0.717, 1.165) is 6.54 Å². The first-order valence-corrected chi connectivity index (χ1v) is 5.06. The van der Waals surface area contributed by atoms with Crippen LogP contribution in [0.2, 0.25) is 0 Å². The van der Waals surface area contributed by atoms with Gasteiger partial charge in [0.2, 0.25) is 0 Å². The third-order valence-electron chi connectivity index (χ3n) is 2.10. The Morgan fingerprint density at radius 1 is 1.64 bits per heavy atom. The van der Waals surface area contributed by atoms with Crippen LogP contribution >= 0.6 is 11.6 Å². The lowest BCUT2D eigenvalue weighted by atomic mass is 10.2. The number of likely N-dealkylation sites (N-methyl/N-ethyl adjacent to an activating group) is 1. The van der Waals surface area contributed by atoms with Gasteiger partial charge < -0.3 is 9.84 Å². The Hall–Kier alpha value is -0.320. The van der Waals surface area contributed by atoms with Crippen LogP contribution in [-0.2, 0) is 9.53 Å². The number of aliphatic carboxylic acids is 1. The average Bonchev–Trinajstić information content (AvgIpc) is 2.13. The second kappa shape index (κ2) is 7.04. The zero-order valence-electron chi connectivity index (χ0n) is 8.86. The predicted octanol–water partition coefficient (Wildman–Crippen LogP) is 1.04. The van der Waals surface area contributed by atoms with Gasteiger partial charge >= 0.3 is 5.97 Å². The Kier molecular flexibility index (Phi) is 6.87. The number of carboxylic acids is 1. The highest BCUT2D eigenvalue weighted by Crippen LogP contribution is 2.05. The molecule has 0 aliphatic rings. The molecule has 0 amide bonds. The van der Waals surface area contributed by atoms with Crippen LogP contribution in [0.25, 0.3) is 0 Å². The van der Waals surface area contributed by atoms with E-state index in [1.807, 2.05) is 18.7 Å². The molecule has 0 aliphatic carbocycles. The Balaban J connectivity index is 4.07. The van der Waals surface area contributed by atoms with Gasteiger partial charge in [-0.05, 0) is 13.5 Å². The lowest BCUT2D eigenvalue weighted by molar-refractivity contribution is -0.137. The molecular formula is C9H18ClNO3. The Morgan fingerprint density at radius 3 is 2.57 bits per heavy atom. The van der Waals surface area contributed by atoms with Crippen molar-refractivity contribution >= 4 is 17.6 Å². The average molecular weight is 224 g/mol. The number of hydrogen-bond acceptors (Lipinski definition) is 3. The maximum Gasteiger partial charge on any atom is 0.322 e. The van der Waals surface area contributed by atoms with E-state index in [0.29, 0.717) is 13.2 Å².